The van der Waals surface area contributed by atoms with E-state index in [9.17, 15) is 4.39 Å². The predicted octanol–water partition coefficient (Wildman–Crippen LogP) is 3.27. The molecule has 0 fully saturated rings. The third kappa shape index (κ3) is 3.61. The van der Waals surface area contributed by atoms with E-state index in [1.807, 2.05) is 0 Å². The molecule has 3 rings (SSSR count). The summed E-state index contributed by atoms with van der Waals surface area (Å²) in [6.07, 6.45) is 1.90. The Labute approximate surface area is 125 Å². The largest absolute Gasteiger partial charge is 0.488 e. The fourth-order valence-corrected chi connectivity index (χ4v) is 2.77. The Bertz CT molecular complexity index is 626. The first-order chi connectivity index (χ1) is 10.2. The minimum absolute atomic E-state index is 0.110. The van der Waals surface area contributed by atoms with Gasteiger partial charge in [-0.2, -0.15) is 0 Å². The summed E-state index contributed by atoms with van der Waals surface area (Å²) in [5.41, 5.74) is 3.62. The maximum absolute atomic E-state index is 13.1. The zero-order valence-electron chi connectivity index (χ0n) is 12.2. The van der Waals surface area contributed by atoms with Crippen molar-refractivity contribution in [2.75, 3.05) is 13.1 Å². The highest BCUT2D eigenvalue weighted by Crippen LogP contribution is 2.28. The first-order valence-electron chi connectivity index (χ1n) is 7.42. The summed E-state index contributed by atoms with van der Waals surface area (Å²) in [5.74, 6) is 0.632. The van der Waals surface area contributed by atoms with Crippen LogP contribution in [0, 0.1) is 12.7 Å². The van der Waals surface area contributed by atoms with Crippen molar-refractivity contribution in [2.45, 2.75) is 25.9 Å². The Kier molecular flexibility index (Phi) is 4.20. The molecule has 0 bridgehead atoms. The van der Waals surface area contributed by atoms with Crippen molar-refractivity contribution >= 4 is 0 Å². The number of rotatable bonds is 5. The molecular formula is C18H20FNO. The number of aryl methyl sites for hydroxylation is 1. The molecule has 3 heteroatoms. The SMILES string of the molecule is Cc1cccc(CCNCC2Cc3cc(F)ccc3O2)c1. The van der Waals surface area contributed by atoms with Gasteiger partial charge in [-0.05, 0) is 43.7 Å². The number of benzene rings is 2. The number of halogens is 1. The van der Waals surface area contributed by atoms with Crippen LogP contribution in [0.4, 0.5) is 4.39 Å². The lowest BCUT2D eigenvalue weighted by Crippen LogP contribution is -2.31. The highest BCUT2D eigenvalue weighted by molar-refractivity contribution is 5.37. The normalized spacial score (nSPS) is 16.6. The minimum atomic E-state index is -0.189. The molecule has 0 aliphatic carbocycles. The van der Waals surface area contributed by atoms with E-state index in [2.05, 4.69) is 36.5 Å². The number of ether oxygens (including phenoxy) is 1. The van der Waals surface area contributed by atoms with Gasteiger partial charge in [0.05, 0.1) is 0 Å². The molecule has 1 aliphatic heterocycles. The predicted molar refractivity (Wildman–Crippen MR) is 82.3 cm³/mol. The van der Waals surface area contributed by atoms with Crippen molar-refractivity contribution < 1.29 is 9.13 Å². The lowest BCUT2D eigenvalue weighted by molar-refractivity contribution is 0.228. The Morgan fingerprint density at radius 2 is 2.14 bits per heavy atom. The maximum atomic E-state index is 13.1. The van der Waals surface area contributed by atoms with Crippen molar-refractivity contribution in [1.29, 1.82) is 0 Å². The second-order valence-electron chi connectivity index (χ2n) is 5.64. The second kappa shape index (κ2) is 6.27. The van der Waals surface area contributed by atoms with Crippen molar-refractivity contribution in [3.63, 3.8) is 0 Å². The Morgan fingerprint density at radius 1 is 1.24 bits per heavy atom. The quantitative estimate of drug-likeness (QED) is 0.851. The van der Waals surface area contributed by atoms with E-state index < -0.39 is 0 Å². The molecule has 2 nitrogen and oxygen atoms in total. The van der Waals surface area contributed by atoms with E-state index in [-0.39, 0.29) is 11.9 Å². The van der Waals surface area contributed by atoms with Crippen molar-refractivity contribution in [2.24, 2.45) is 0 Å². The summed E-state index contributed by atoms with van der Waals surface area (Å²) >= 11 is 0. The molecule has 1 N–H and O–H groups in total. The number of hydrogen-bond donors (Lipinski definition) is 1. The van der Waals surface area contributed by atoms with Gasteiger partial charge >= 0.3 is 0 Å². The first kappa shape index (κ1) is 14.1. The highest BCUT2D eigenvalue weighted by Gasteiger charge is 2.22. The summed E-state index contributed by atoms with van der Waals surface area (Å²) in [5, 5.41) is 3.43. The van der Waals surface area contributed by atoms with Crippen molar-refractivity contribution in [1.82, 2.24) is 5.32 Å². The van der Waals surface area contributed by atoms with Crippen LogP contribution in [0.15, 0.2) is 42.5 Å². The summed E-state index contributed by atoms with van der Waals surface area (Å²) in [6.45, 7) is 3.83. The number of nitrogens with one attached hydrogen (secondary N) is 1. The Hall–Kier alpha value is -1.87. The maximum Gasteiger partial charge on any atom is 0.123 e. The average molecular weight is 285 g/mol. The van der Waals surface area contributed by atoms with Crippen molar-refractivity contribution in [3.8, 4) is 5.75 Å². The molecule has 1 unspecified atom stereocenters. The fraction of sp³-hybridized carbons (Fsp3) is 0.333. The van der Waals surface area contributed by atoms with Gasteiger partial charge in [-0.25, -0.2) is 4.39 Å². The van der Waals surface area contributed by atoms with Crippen LogP contribution in [-0.2, 0) is 12.8 Å². The van der Waals surface area contributed by atoms with E-state index in [1.54, 1.807) is 12.1 Å². The van der Waals surface area contributed by atoms with Crippen LogP contribution in [0.3, 0.4) is 0 Å². The van der Waals surface area contributed by atoms with Gasteiger partial charge in [-0.3, -0.25) is 0 Å². The zero-order chi connectivity index (χ0) is 14.7. The monoisotopic (exact) mass is 285 g/mol. The Morgan fingerprint density at radius 3 is 3.00 bits per heavy atom. The van der Waals surface area contributed by atoms with Gasteiger partial charge < -0.3 is 10.1 Å². The Balaban J connectivity index is 1.43. The van der Waals surface area contributed by atoms with Gasteiger partial charge in [-0.15, -0.1) is 0 Å². The summed E-state index contributed by atoms with van der Waals surface area (Å²) in [6, 6.07) is 13.3. The zero-order valence-corrected chi connectivity index (χ0v) is 12.2. The second-order valence-corrected chi connectivity index (χ2v) is 5.64. The van der Waals surface area contributed by atoms with E-state index in [1.165, 1.54) is 17.2 Å². The molecule has 0 amide bonds. The minimum Gasteiger partial charge on any atom is -0.488 e. The number of hydrogen-bond acceptors (Lipinski definition) is 2. The van der Waals surface area contributed by atoms with Gasteiger partial charge in [0.25, 0.3) is 0 Å². The third-order valence-corrected chi connectivity index (χ3v) is 3.81. The van der Waals surface area contributed by atoms with Gasteiger partial charge in [0.15, 0.2) is 0 Å². The van der Waals surface area contributed by atoms with Gasteiger partial charge in [-0.1, -0.05) is 29.8 Å². The van der Waals surface area contributed by atoms with Crippen LogP contribution in [-0.4, -0.2) is 19.2 Å². The molecule has 0 spiro atoms. The van der Waals surface area contributed by atoms with Crippen LogP contribution in [0.5, 0.6) is 5.75 Å². The van der Waals surface area contributed by atoms with Crippen LogP contribution in [0.25, 0.3) is 0 Å². The number of fused-ring (bicyclic) bond motifs is 1. The molecule has 0 aromatic heterocycles. The molecule has 110 valence electrons. The molecule has 2 aromatic carbocycles. The summed E-state index contributed by atoms with van der Waals surface area (Å²) in [4.78, 5) is 0. The molecular weight excluding hydrogens is 265 g/mol. The molecule has 0 saturated heterocycles. The smallest absolute Gasteiger partial charge is 0.123 e. The van der Waals surface area contributed by atoms with Crippen LogP contribution in [0.1, 0.15) is 16.7 Å². The topological polar surface area (TPSA) is 21.3 Å². The van der Waals surface area contributed by atoms with Crippen LogP contribution < -0.4 is 10.1 Å². The molecule has 1 aliphatic rings. The third-order valence-electron chi connectivity index (χ3n) is 3.81. The van der Waals surface area contributed by atoms with E-state index in [0.717, 1.165) is 37.2 Å². The lowest BCUT2D eigenvalue weighted by atomic mass is 10.1. The van der Waals surface area contributed by atoms with Crippen molar-refractivity contribution in [3.05, 3.63) is 65.0 Å². The molecule has 1 atom stereocenters. The molecule has 1 heterocycles. The molecule has 2 aromatic rings. The van der Waals surface area contributed by atoms with Gasteiger partial charge in [0.1, 0.15) is 17.7 Å². The average Bonchev–Trinajstić information content (AvgIpc) is 2.85. The van der Waals surface area contributed by atoms with E-state index in [0.29, 0.717) is 0 Å². The highest BCUT2D eigenvalue weighted by atomic mass is 19.1. The standard InChI is InChI=1S/C18H20FNO/c1-13-3-2-4-14(9-13)7-8-20-12-17-11-15-10-16(19)5-6-18(15)21-17/h2-6,9-10,17,20H,7-8,11-12H2,1H3. The summed E-state index contributed by atoms with van der Waals surface area (Å²) in [7, 11) is 0. The van der Waals surface area contributed by atoms with Crippen LogP contribution in [0.2, 0.25) is 0 Å². The first-order valence-corrected chi connectivity index (χ1v) is 7.42. The molecule has 0 saturated carbocycles. The van der Waals surface area contributed by atoms with Crippen LogP contribution >= 0.6 is 0 Å². The summed E-state index contributed by atoms with van der Waals surface area (Å²) < 4.78 is 18.9. The fourth-order valence-electron chi connectivity index (χ4n) is 2.77. The van der Waals surface area contributed by atoms with Gasteiger partial charge in [0.2, 0.25) is 0 Å². The van der Waals surface area contributed by atoms with Gasteiger partial charge in [0, 0.05) is 18.5 Å². The molecule has 21 heavy (non-hydrogen) atoms. The lowest BCUT2D eigenvalue weighted by Gasteiger charge is -2.12. The van der Waals surface area contributed by atoms with E-state index in [4.69, 9.17) is 4.74 Å². The van der Waals surface area contributed by atoms with E-state index >= 15 is 0 Å². The molecule has 0 radical (unpaired) electrons.